The summed E-state index contributed by atoms with van der Waals surface area (Å²) < 4.78 is 2.08. The third-order valence-corrected chi connectivity index (χ3v) is 8.55. The molecule has 2 atom stereocenters. The lowest BCUT2D eigenvalue weighted by molar-refractivity contribution is -0.113. The molecule has 6 rings (SSSR count). The summed E-state index contributed by atoms with van der Waals surface area (Å²) >= 11 is 1.55. The molecule has 1 amide bonds. The molecule has 2 aromatic heterocycles. The summed E-state index contributed by atoms with van der Waals surface area (Å²) in [4.78, 5) is 30.0. The van der Waals surface area contributed by atoms with Gasteiger partial charge in [-0.2, -0.15) is 0 Å². The number of rotatable bonds is 3. The first-order valence-corrected chi connectivity index (χ1v) is 12.1. The van der Waals surface area contributed by atoms with Gasteiger partial charge in [-0.15, -0.1) is 0 Å². The molecule has 2 aliphatic carbocycles. The molecule has 1 saturated heterocycles. The Kier molecular flexibility index (Phi) is 4.80. The van der Waals surface area contributed by atoms with E-state index in [0.717, 1.165) is 59.5 Å². The standard InChI is InChI=1S/C24H26N6OS/c25-20-6-3-7-24(20)8-11-29(12-9-24)23-27-15-19(22-26-10-13-30(22)23)32-18-14-21(31)28-17-5-2-1-4-16(17)18/h1-2,4-5,10,13-16,20H,3,6-9,11-12,25H2/t16?,20-/m1/s1. The SMILES string of the molecule is N[C@@H]1CCCC12CCN(c1ncc(SC3=CC(=O)N=C4C=CC=CC34)c3nccn13)CC2. The van der Waals surface area contributed by atoms with Crippen LogP contribution in [0, 0.1) is 11.3 Å². The number of nitrogens with two attached hydrogens (primary N) is 1. The van der Waals surface area contributed by atoms with E-state index in [9.17, 15) is 4.79 Å². The molecular weight excluding hydrogens is 420 g/mol. The van der Waals surface area contributed by atoms with Gasteiger partial charge in [-0.3, -0.25) is 9.20 Å². The minimum absolute atomic E-state index is 0.00583. The Morgan fingerprint density at radius 1 is 1.16 bits per heavy atom. The number of fused-ring (bicyclic) bond motifs is 2. The van der Waals surface area contributed by atoms with Gasteiger partial charge >= 0.3 is 0 Å². The van der Waals surface area contributed by atoms with E-state index in [1.807, 2.05) is 36.8 Å². The Bertz CT molecular complexity index is 1200. The van der Waals surface area contributed by atoms with Crippen LogP contribution in [0.5, 0.6) is 0 Å². The molecule has 2 fully saturated rings. The van der Waals surface area contributed by atoms with Crippen LogP contribution in [0.15, 0.2) is 63.8 Å². The number of hydrogen-bond acceptors (Lipinski definition) is 6. The Hall–Kier alpha value is -2.71. The van der Waals surface area contributed by atoms with E-state index in [2.05, 4.69) is 25.4 Å². The summed E-state index contributed by atoms with van der Waals surface area (Å²) in [6.45, 7) is 1.94. The number of dihydropyridines is 1. The molecule has 1 spiro atoms. The first kappa shape index (κ1) is 19.9. The fourth-order valence-electron chi connectivity index (χ4n) is 5.60. The normalized spacial score (nSPS) is 26.5. The molecule has 7 nitrogen and oxygen atoms in total. The van der Waals surface area contributed by atoms with Crippen molar-refractivity contribution in [3.05, 3.63) is 53.9 Å². The number of hydrogen-bond donors (Lipinski definition) is 1. The van der Waals surface area contributed by atoms with E-state index in [1.54, 1.807) is 17.8 Å². The Morgan fingerprint density at radius 2 is 2.03 bits per heavy atom. The number of imidazole rings is 1. The highest BCUT2D eigenvalue weighted by molar-refractivity contribution is 8.03. The second-order valence-electron chi connectivity index (χ2n) is 9.14. The van der Waals surface area contributed by atoms with Crippen molar-refractivity contribution in [3.63, 3.8) is 0 Å². The summed E-state index contributed by atoms with van der Waals surface area (Å²) in [6.07, 6.45) is 21.1. The van der Waals surface area contributed by atoms with E-state index in [4.69, 9.17) is 10.7 Å². The topological polar surface area (TPSA) is 88.9 Å². The number of aromatic nitrogens is 3. The zero-order valence-corrected chi connectivity index (χ0v) is 18.7. The Labute approximate surface area is 191 Å². The minimum atomic E-state index is -0.213. The van der Waals surface area contributed by atoms with Crippen LogP contribution in [-0.2, 0) is 4.79 Å². The molecule has 1 saturated carbocycles. The molecule has 164 valence electrons. The Morgan fingerprint density at radius 3 is 2.84 bits per heavy atom. The second kappa shape index (κ2) is 7.71. The maximum Gasteiger partial charge on any atom is 0.270 e. The maximum atomic E-state index is 12.1. The smallest absolute Gasteiger partial charge is 0.270 e. The van der Waals surface area contributed by atoms with Crippen LogP contribution in [0.2, 0.25) is 0 Å². The summed E-state index contributed by atoms with van der Waals surface area (Å²) in [6, 6.07) is 0.341. The number of anilines is 1. The average Bonchev–Trinajstić information content (AvgIpc) is 3.43. The highest BCUT2D eigenvalue weighted by atomic mass is 32.2. The maximum absolute atomic E-state index is 12.1. The third kappa shape index (κ3) is 3.24. The van der Waals surface area contributed by atoms with Gasteiger partial charge in [0, 0.05) is 48.7 Å². The van der Waals surface area contributed by atoms with Crippen LogP contribution in [0.4, 0.5) is 5.95 Å². The van der Waals surface area contributed by atoms with Crippen molar-refractivity contribution < 1.29 is 4.79 Å². The van der Waals surface area contributed by atoms with Gasteiger partial charge in [0.1, 0.15) is 0 Å². The number of nitrogens with zero attached hydrogens (tertiary/aromatic N) is 5. The molecule has 4 aliphatic rings. The van der Waals surface area contributed by atoms with Crippen LogP contribution in [0.25, 0.3) is 5.65 Å². The number of allylic oxidation sites excluding steroid dienone is 5. The van der Waals surface area contributed by atoms with Crippen LogP contribution in [-0.4, -0.2) is 45.1 Å². The summed E-state index contributed by atoms with van der Waals surface area (Å²) in [5, 5.41) is 0. The van der Waals surface area contributed by atoms with Crippen LogP contribution in [0.1, 0.15) is 32.1 Å². The molecule has 0 bridgehead atoms. The molecule has 8 heteroatoms. The van der Waals surface area contributed by atoms with E-state index in [0.29, 0.717) is 11.5 Å². The fraction of sp³-hybridized carbons (Fsp3) is 0.417. The molecule has 2 aliphatic heterocycles. The number of thioether (sulfide) groups is 1. The van der Waals surface area contributed by atoms with Gasteiger partial charge in [-0.05, 0) is 37.2 Å². The molecule has 4 heterocycles. The van der Waals surface area contributed by atoms with Crippen molar-refractivity contribution in [1.29, 1.82) is 0 Å². The van der Waals surface area contributed by atoms with Gasteiger partial charge in [0.15, 0.2) is 5.65 Å². The van der Waals surface area contributed by atoms with Crippen LogP contribution >= 0.6 is 11.8 Å². The predicted octanol–water partition coefficient (Wildman–Crippen LogP) is 3.53. The third-order valence-electron chi connectivity index (χ3n) is 7.43. The van der Waals surface area contributed by atoms with Crippen molar-refractivity contribution in [2.24, 2.45) is 22.1 Å². The summed E-state index contributed by atoms with van der Waals surface area (Å²) in [5.74, 6) is 0.723. The molecule has 32 heavy (non-hydrogen) atoms. The fourth-order valence-corrected chi connectivity index (χ4v) is 6.69. The van der Waals surface area contributed by atoms with Gasteiger partial charge in [-0.25, -0.2) is 15.0 Å². The minimum Gasteiger partial charge on any atom is -0.342 e. The van der Waals surface area contributed by atoms with Crippen LogP contribution in [0.3, 0.4) is 0 Å². The molecule has 2 N–H and O–H groups in total. The lowest BCUT2D eigenvalue weighted by Gasteiger charge is -2.42. The predicted molar refractivity (Wildman–Crippen MR) is 127 cm³/mol. The number of carbonyl (C=O) groups is 1. The molecule has 1 unspecified atom stereocenters. The van der Waals surface area contributed by atoms with Crippen molar-refractivity contribution in [2.75, 3.05) is 18.0 Å². The van der Waals surface area contributed by atoms with Gasteiger partial charge in [0.25, 0.3) is 5.91 Å². The monoisotopic (exact) mass is 446 g/mol. The lowest BCUT2D eigenvalue weighted by Crippen LogP contribution is -2.47. The highest BCUT2D eigenvalue weighted by Gasteiger charge is 2.43. The van der Waals surface area contributed by atoms with Crippen molar-refractivity contribution >= 4 is 35.0 Å². The van der Waals surface area contributed by atoms with E-state index in [-0.39, 0.29) is 11.8 Å². The highest BCUT2D eigenvalue weighted by Crippen LogP contribution is 2.46. The molecule has 0 aromatic carbocycles. The van der Waals surface area contributed by atoms with E-state index in [1.165, 1.54) is 12.8 Å². The number of carbonyl (C=O) groups excluding carboxylic acids is 1. The average molecular weight is 447 g/mol. The second-order valence-corrected chi connectivity index (χ2v) is 10.3. The Balaban J connectivity index is 1.27. The van der Waals surface area contributed by atoms with Gasteiger partial charge < -0.3 is 10.6 Å². The molecule has 0 radical (unpaired) electrons. The van der Waals surface area contributed by atoms with Crippen molar-refractivity contribution in [2.45, 2.75) is 43.0 Å². The largest absolute Gasteiger partial charge is 0.342 e. The number of amides is 1. The molecular formula is C24H26N6OS. The quantitative estimate of drug-likeness (QED) is 0.776. The molecule has 2 aromatic rings. The number of aliphatic imine (C=N–C) groups is 1. The first-order chi connectivity index (χ1) is 15.6. The van der Waals surface area contributed by atoms with Gasteiger partial charge in [-0.1, -0.05) is 36.4 Å². The summed E-state index contributed by atoms with van der Waals surface area (Å²) in [5.41, 5.74) is 8.45. The van der Waals surface area contributed by atoms with E-state index >= 15 is 0 Å². The zero-order chi connectivity index (χ0) is 21.7. The first-order valence-electron chi connectivity index (χ1n) is 11.3. The number of piperidine rings is 1. The summed E-state index contributed by atoms with van der Waals surface area (Å²) in [7, 11) is 0. The zero-order valence-electron chi connectivity index (χ0n) is 17.9. The van der Waals surface area contributed by atoms with E-state index < -0.39 is 0 Å². The van der Waals surface area contributed by atoms with Gasteiger partial charge in [0.05, 0.1) is 16.5 Å². The van der Waals surface area contributed by atoms with Crippen LogP contribution < -0.4 is 10.6 Å². The van der Waals surface area contributed by atoms with Gasteiger partial charge in [0.2, 0.25) is 5.95 Å². The van der Waals surface area contributed by atoms with Crippen molar-refractivity contribution in [3.8, 4) is 0 Å². The lowest BCUT2D eigenvalue weighted by atomic mass is 9.74. The van der Waals surface area contributed by atoms with Crippen molar-refractivity contribution in [1.82, 2.24) is 14.4 Å².